The Morgan fingerprint density at radius 1 is 1.22 bits per heavy atom. The van der Waals surface area contributed by atoms with Crippen LogP contribution in [0.15, 0.2) is 18.2 Å². The molecule has 1 amide bonds. The van der Waals surface area contributed by atoms with Crippen molar-refractivity contribution in [2.75, 3.05) is 25.6 Å². The fourth-order valence-electron chi connectivity index (χ4n) is 2.38. The summed E-state index contributed by atoms with van der Waals surface area (Å²) in [5.74, 6) is -0.0901. The lowest BCUT2D eigenvalue weighted by molar-refractivity contribution is -0.120. The Morgan fingerprint density at radius 3 is 2.50 bits per heavy atom. The van der Waals surface area contributed by atoms with Crippen LogP contribution in [0, 0.1) is 19.8 Å². The molecule has 2 rings (SSSR count). The summed E-state index contributed by atoms with van der Waals surface area (Å²) in [6.07, 6.45) is 0. The van der Waals surface area contributed by atoms with Crippen molar-refractivity contribution in [2.45, 2.75) is 19.9 Å². The Kier molecular flexibility index (Phi) is 3.99. The minimum absolute atomic E-state index is 0.0249. The Hall–Kier alpha value is -1.39. The van der Waals surface area contributed by atoms with Crippen LogP contribution in [0.1, 0.15) is 11.1 Å². The molecular formula is C14H20N2O2. The van der Waals surface area contributed by atoms with Gasteiger partial charge in [-0.05, 0) is 44.2 Å². The lowest BCUT2D eigenvalue weighted by atomic mass is 10.0. The molecule has 0 saturated carbocycles. The number of carbonyl (C=O) groups is 1. The number of rotatable bonds is 3. The molecule has 2 N–H and O–H groups in total. The van der Waals surface area contributed by atoms with Gasteiger partial charge in [-0.15, -0.1) is 0 Å². The molecular weight excluding hydrogens is 228 g/mol. The first kappa shape index (κ1) is 13.1. The zero-order valence-electron chi connectivity index (χ0n) is 11.1. The topological polar surface area (TPSA) is 50.4 Å². The van der Waals surface area contributed by atoms with Crippen molar-refractivity contribution in [3.8, 4) is 0 Å². The van der Waals surface area contributed by atoms with Crippen molar-refractivity contribution in [2.24, 2.45) is 5.92 Å². The zero-order valence-corrected chi connectivity index (χ0v) is 11.1. The number of benzene rings is 1. The van der Waals surface area contributed by atoms with Crippen molar-refractivity contribution >= 4 is 11.6 Å². The summed E-state index contributed by atoms with van der Waals surface area (Å²) in [7, 11) is 1.86. The van der Waals surface area contributed by atoms with Crippen molar-refractivity contribution in [1.29, 1.82) is 0 Å². The van der Waals surface area contributed by atoms with Gasteiger partial charge in [0.25, 0.3) is 0 Å². The lowest BCUT2D eigenvalue weighted by Gasteiger charge is -2.16. The van der Waals surface area contributed by atoms with Gasteiger partial charge >= 0.3 is 0 Å². The van der Waals surface area contributed by atoms with E-state index in [-0.39, 0.29) is 17.9 Å². The van der Waals surface area contributed by atoms with Crippen molar-refractivity contribution < 1.29 is 9.53 Å². The highest BCUT2D eigenvalue weighted by atomic mass is 16.5. The van der Waals surface area contributed by atoms with Crippen LogP contribution in [0.5, 0.6) is 0 Å². The quantitative estimate of drug-likeness (QED) is 0.852. The number of hydrogen-bond donors (Lipinski definition) is 2. The second-order valence-electron chi connectivity index (χ2n) is 4.90. The molecule has 18 heavy (non-hydrogen) atoms. The predicted octanol–water partition coefficient (Wildman–Crippen LogP) is 1.48. The first-order chi connectivity index (χ1) is 8.60. The molecule has 1 aliphatic heterocycles. The Balaban J connectivity index is 2.06. The normalized spacial score (nSPS) is 23.1. The first-order valence-corrected chi connectivity index (χ1v) is 6.24. The minimum Gasteiger partial charge on any atom is -0.379 e. The van der Waals surface area contributed by atoms with Gasteiger partial charge in [-0.3, -0.25) is 4.79 Å². The maximum Gasteiger partial charge on any atom is 0.231 e. The van der Waals surface area contributed by atoms with Crippen LogP contribution >= 0.6 is 0 Å². The van der Waals surface area contributed by atoms with E-state index in [1.165, 1.54) is 0 Å². The summed E-state index contributed by atoms with van der Waals surface area (Å²) in [5, 5.41) is 6.09. The molecule has 2 atom stereocenters. The number of likely N-dealkylation sites (N-methyl/N-ethyl adjacent to an activating group) is 1. The molecule has 98 valence electrons. The summed E-state index contributed by atoms with van der Waals surface area (Å²) in [4.78, 5) is 12.2. The van der Waals surface area contributed by atoms with Crippen LogP contribution in [0.3, 0.4) is 0 Å². The minimum atomic E-state index is -0.115. The van der Waals surface area contributed by atoms with Gasteiger partial charge in [0.05, 0.1) is 19.1 Å². The van der Waals surface area contributed by atoms with Gasteiger partial charge in [0.2, 0.25) is 5.91 Å². The molecule has 2 unspecified atom stereocenters. The van der Waals surface area contributed by atoms with E-state index < -0.39 is 0 Å². The molecule has 4 nitrogen and oxygen atoms in total. The van der Waals surface area contributed by atoms with Gasteiger partial charge in [0, 0.05) is 11.7 Å². The third-order valence-corrected chi connectivity index (χ3v) is 3.28. The second kappa shape index (κ2) is 5.50. The van der Waals surface area contributed by atoms with E-state index in [0.717, 1.165) is 16.8 Å². The monoisotopic (exact) mass is 248 g/mol. The van der Waals surface area contributed by atoms with Crippen LogP contribution in [-0.4, -0.2) is 32.2 Å². The number of amides is 1. The maximum atomic E-state index is 12.2. The molecule has 0 aliphatic carbocycles. The van der Waals surface area contributed by atoms with E-state index in [4.69, 9.17) is 4.74 Å². The molecule has 1 heterocycles. The highest BCUT2D eigenvalue weighted by Crippen LogP contribution is 2.18. The highest BCUT2D eigenvalue weighted by Gasteiger charge is 2.32. The number of hydrogen-bond acceptors (Lipinski definition) is 3. The van der Waals surface area contributed by atoms with E-state index in [1.54, 1.807) is 0 Å². The van der Waals surface area contributed by atoms with Gasteiger partial charge in [-0.1, -0.05) is 6.07 Å². The molecule has 0 aromatic heterocycles. The fourth-order valence-corrected chi connectivity index (χ4v) is 2.38. The summed E-state index contributed by atoms with van der Waals surface area (Å²) < 4.78 is 5.34. The molecule has 1 saturated heterocycles. The first-order valence-electron chi connectivity index (χ1n) is 6.24. The van der Waals surface area contributed by atoms with Gasteiger partial charge in [0.1, 0.15) is 0 Å². The standard InChI is InChI=1S/C14H20N2O2/c1-9-4-10(2)6-11(5-9)16-14(17)12-7-18-8-13(12)15-3/h4-6,12-13,15H,7-8H2,1-3H3,(H,16,17). The average Bonchev–Trinajstić information content (AvgIpc) is 2.75. The Labute approximate surface area is 108 Å². The van der Waals surface area contributed by atoms with E-state index in [9.17, 15) is 4.79 Å². The Bertz CT molecular complexity index is 425. The highest BCUT2D eigenvalue weighted by molar-refractivity contribution is 5.93. The van der Waals surface area contributed by atoms with E-state index in [0.29, 0.717) is 13.2 Å². The van der Waals surface area contributed by atoms with Gasteiger partial charge < -0.3 is 15.4 Å². The second-order valence-corrected chi connectivity index (χ2v) is 4.90. The molecule has 1 fully saturated rings. The van der Waals surface area contributed by atoms with E-state index >= 15 is 0 Å². The summed E-state index contributed by atoms with van der Waals surface area (Å²) in [5.41, 5.74) is 3.16. The molecule has 0 spiro atoms. The summed E-state index contributed by atoms with van der Waals surface area (Å²) >= 11 is 0. The predicted molar refractivity (Wildman–Crippen MR) is 71.7 cm³/mol. The molecule has 1 aromatic rings. The van der Waals surface area contributed by atoms with Gasteiger partial charge in [-0.2, -0.15) is 0 Å². The fraction of sp³-hybridized carbons (Fsp3) is 0.500. The van der Waals surface area contributed by atoms with Crippen molar-refractivity contribution in [3.05, 3.63) is 29.3 Å². The molecule has 4 heteroatoms. The number of anilines is 1. The van der Waals surface area contributed by atoms with Gasteiger partial charge in [-0.25, -0.2) is 0 Å². The number of carbonyl (C=O) groups excluding carboxylic acids is 1. The zero-order chi connectivity index (χ0) is 13.1. The van der Waals surface area contributed by atoms with Gasteiger partial charge in [0.15, 0.2) is 0 Å². The van der Waals surface area contributed by atoms with Crippen LogP contribution in [-0.2, 0) is 9.53 Å². The van der Waals surface area contributed by atoms with E-state index in [2.05, 4.69) is 16.7 Å². The SMILES string of the molecule is CNC1COCC1C(=O)Nc1cc(C)cc(C)c1. The average molecular weight is 248 g/mol. The Morgan fingerprint density at radius 2 is 1.89 bits per heavy atom. The van der Waals surface area contributed by atoms with Crippen LogP contribution < -0.4 is 10.6 Å². The van der Waals surface area contributed by atoms with Crippen molar-refractivity contribution in [1.82, 2.24) is 5.32 Å². The van der Waals surface area contributed by atoms with Crippen LogP contribution in [0.4, 0.5) is 5.69 Å². The molecule has 1 aromatic carbocycles. The van der Waals surface area contributed by atoms with Crippen LogP contribution in [0.2, 0.25) is 0 Å². The number of nitrogens with one attached hydrogen (secondary N) is 2. The smallest absolute Gasteiger partial charge is 0.231 e. The third-order valence-electron chi connectivity index (χ3n) is 3.28. The largest absolute Gasteiger partial charge is 0.379 e. The number of aryl methyl sites for hydroxylation is 2. The third kappa shape index (κ3) is 2.89. The summed E-state index contributed by atoms with van der Waals surface area (Å²) in [6, 6.07) is 6.16. The molecule has 0 radical (unpaired) electrons. The molecule has 1 aliphatic rings. The summed E-state index contributed by atoms with van der Waals surface area (Å²) in [6.45, 7) is 5.14. The van der Waals surface area contributed by atoms with Crippen LogP contribution in [0.25, 0.3) is 0 Å². The number of ether oxygens (including phenoxy) is 1. The maximum absolute atomic E-state index is 12.2. The van der Waals surface area contributed by atoms with E-state index in [1.807, 2.05) is 33.0 Å². The van der Waals surface area contributed by atoms with Crippen molar-refractivity contribution in [3.63, 3.8) is 0 Å². The lowest BCUT2D eigenvalue weighted by Crippen LogP contribution is -2.39. The molecule has 0 bridgehead atoms.